The zero-order valence-electron chi connectivity index (χ0n) is 17.4. The third-order valence-electron chi connectivity index (χ3n) is 4.42. The third kappa shape index (κ3) is 5.50. The SMILES string of the molecule is C=CC(=O)Oc1ccc(-c2ccc(C(F)(F)Oc3ccc(OC(=O)C=C)c(F)c3F)cc2)cc1. The Morgan fingerprint density at radius 3 is 1.74 bits per heavy atom. The van der Waals surface area contributed by atoms with Crippen LogP contribution in [0.5, 0.6) is 17.2 Å². The molecule has 34 heavy (non-hydrogen) atoms. The van der Waals surface area contributed by atoms with Gasteiger partial charge in [-0.3, -0.25) is 0 Å². The Bertz CT molecular complexity index is 1240. The molecule has 3 rings (SSSR count). The van der Waals surface area contributed by atoms with Crippen LogP contribution >= 0.6 is 0 Å². The predicted octanol–water partition coefficient (Wildman–Crippen LogP) is 5.94. The quantitative estimate of drug-likeness (QED) is 0.176. The van der Waals surface area contributed by atoms with Crippen LogP contribution < -0.4 is 14.2 Å². The van der Waals surface area contributed by atoms with E-state index in [2.05, 4.69) is 22.6 Å². The van der Waals surface area contributed by atoms with Crippen LogP contribution in [-0.2, 0) is 15.7 Å². The highest BCUT2D eigenvalue weighted by molar-refractivity contribution is 5.84. The van der Waals surface area contributed by atoms with Crippen molar-refractivity contribution in [3.8, 4) is 28.4 Å². The van der Waals surface area contributed by atoms with E-state index in [1.54, 1.807) is 12.1 Å². The lowest BCUT2D eigenvalue weighted by atomic mass is 10.0. The Labute approximate surface area is 191 Å². The number of hydrogen-bond donors (Lipinski definition) is 0. The van der Waals surface area contributed by atoms with Crippen LogP contribution in [0.1, 0.15) is 5.56 Å². The first-order chi connectivity index (χ1) is 16.1. The first-order valence-corrected chi connectivity index (χ1v) is 9.59. The van der Waals surface area contributed by atoms with E-state index in [-0.39, 0.29) is 5.75 Å². The van der Waals surface area contributed by atoms with Gasteiger partial charge in [0, 0.05) is 12.2 Å². The van der Waals surface area contributed by atoms with Gasteiger partial charge in [-0.05, 0) is 47.5 Å². The van der Waals surface area contributed by atoms with Gasteiger partial charge in [-0.15, -0.1) is 0 Å². The molecule has 0 spiro atoms. The minimum absolute atomic E-state index is 0.282. The Hall–Kier alpha value is -4.40. The van der Waals surface area contributed by atoms with Gasteiger partial charge in [-0.2, -0.15) is 17.6 Å². The van der Waals surface area contributed by atoms with E-state index in [4.69, 9.17) is 4.74 Å². The number of halogens is 4. The zero-order valence-corrected chi connectivity index (χ0v) is 17.4. The van der Waals surface area contributed by atoms with Crippen molar-refractivity contribution in [1.29, 1.82) is 0 Å². The molecule has 5 nitrogen and oxygen atoms in total. The van der Waals surface area contributed by atoms with E-state index in [1.165, 1.54) is 24.3 Å². The minimum atomic E-state index is -4.01. The van der Waals surface area contributed by atoms with Gasteiger partial charge in [-0.25, -0.2) is 9.59 Å². The van der Waals surface area contributed by atoms with Crippen LogP contribution in [0.2, 0.25) is 0 Å². The number of benzene rings is 3. The number of alkyl halides is 2. The first kappa shape index (κ1) is 24.2. The van der Waals surface area contributed by atoms with Crippen molar-refractivity contribution in [1.82, 2.24) is 0 Å². The molecule has 3 aromatic rings. The maximum Gasteiger partial charge on any atom is 0.426 e. The number of esters is 2. The standard InChI is InChI=1S/C25H16F4O5/c1-3-21(30)32-18-11-7-16(8-12-18)15-5-9-17(10-6-15)25(28,29)34-20-14-13-19(23(26)24(20)27)33-22(31)4-2/h3-14H,1-2H2. The highest BCUT2D eigenvalue weighted by atomic mass is 19.3. The summed E-state index contributed by atoms with van der Waals surface area (Å²) in [7, 11) is 0. The summed E-state index contributed by atoms with van der Waals surface area (Å²) in [6.07, 6.45) is -2.26. The molecule has 0 fully saturated rings. The van der Waals surface area contributed by atoms with Crippen LogP contribution in [0, 0.1) is 11.6 Å². The fraction of sp³-hybridized carbons (Fsp3) is 0.0400. The second-order valence-corrected chi connectivity index (χ2v) is 6.66. The summed E-state index contributed by atoms with van der Waals surface area (Å²) in [4.78, 5) is 22.4. The first-order valence-electron chi connectivity index (χ1n) is 9.59. The van der Waals surface area contributed by atoms with Crippen LogP contribution in [0.25, 0.3) is 11.1 Å². The Kier molecular flexibility index (Phi) is 7.15. The van der Waals surface area contributed by atoms with Crippen LogP contribution in [0.15, 0.2) is 86.0 Å². The summed E-state index contributed by atoms with van der Waals surface area (Å²) in [6, 6.07) is 12.7. The summed E-state index contributed by atoms with van der Waals surface area (Å²) < 4.78 is 71.3. The highest BCUT2D eigenvalue weighted by Crippen LogP contribution is 2.36. The molecule has 0 bridgehead atoms. The maximum atomic E-state index is 14.6. The zero-order chi connectivity index (χ0) is 24.9. The molecule has 9 heteroatoms. The molecule has 0 aliphatic rings. The smallest absolute Gasteiger partial charge is 0.426 e. The normalized spacial score (nSPS) is 10.8. The number of hydrogen-bond acceptors (Lipinski definition) is 5. The summed E-state index contributed by atoms with van der Waals surface area (Å²) in [6.45, 7) is 6.41. The minimum Gasteiger partial charge on any atom is -0.426 e. The maximum absolute atomic E-state index is 14.6. The largest absolute Gasteiger partial charge is 0.426 e. The summed E-state index contributed by atoms with van der Waals surface area (Å²) >= 11 is 0. The van der Waals surface area contributed by atoms with E-state index in [1.807, 2.05) is 0 Å². The van der Waals surface area contributed by atoms with E-state index >= 15 is 0 Å². The second-order valence-electron chi connectivity index (χ2n) is 6.66. The van der Waals surface area contributed by atoms with E-state index < -0.39 is 46.7 Å². The molecule has 0 heterocycles. The highest BCUT2D eigenvalue weighted by Gasteiger charge is 2.36. The van der Waals surface area contributed by atoms with Gasteiger partial charge in [0.2, 0.25) is 11.6 Å². The van der Waals surface area contributed by atoms with E-state index in [9.17, 15) is 27.2 Å². The van der Waals surface area contributed by atoms with Crippen molar-refractivity contribution < 1.29 is 41.4 Å². The molecule has 0 aliphatic carbocycles. The Morgan fingerprint density at radius 1 is 0.706 bits per heavy atom. The lowest BCUT2D eigenvalue weighted by Gasteiger charge is -2.19. The number of ether oxygens (including phenoxy) is 3. The molecular formula is C25H16F4O5. The van der Waals surface area contributed by atoms with Crippen LogP contribution in [0.4, 0.5) is 17.6 Å². The molecule has 0 saturated heterocycles. The average molecular weight is 472 g/mol. The van der Waals surface area contributed by atoms with Crippen molar-refractivity contribution in [3.63, 3.8) is 0 Å². The second kappa shape index (κ2) is 10.0. The van der Waals surface area contributed by atoms with E-state index in [0.29, 0.717) is 17.2 Å². The number of rotatable bonds is 8. The molecule has 0 aliphatic heterocycles. The van der Waals surface area contributed by atoms with Gasteiger partial charge in [0.15, 0.2) is 11.5 Å². The molecule has 0 N–H and O–H groups in total. The molecule has 3 aromatic carbocycles. The summed E-state index contributed by atoms with van der Waals surface area (Å²) in [5.74, 6) is -6.68. The lowest BCUT2D eigenvalue weighted by molar-refractivity contribution is -0.187. The van der Waals surface area contributed by atoms with Gasteiger partial charge < -0.3 is 14.2 Å². The van der Waals surface area contributed by atoms with Gasteiger partial charge in [-0.1, -0.05) is 37.4 Å². The fourth-order valence-corrected chi connectivity index (χ4v) is 2.75. The Balaban J connectivity index is 1.77. The number of carbonyl (C=O) groups is 2. The predicted molar refractivity (Wildman–Crippen MR) is 114 cm³/mol. The Morgan fingerprint density at radius 2 is 1.18 bits per heavy atom. The van der Waals surface area contributed by atoms with Crippen LogP contribution in [-0.4, -0.2) is 11.9 Å². The van der Waals surface area contributed by atoms with Gasteiger partial charge in [0.05, 0.1) is 5.56 Å². The molecule has 0 saturated carbocycles. The van der Waals surface area contributed by atoms with Gasteiger partial charge in [0.25, 0.3) is 0 Å². The molecular weight excluding hydrogens is 456 g/mol. The third-order valence-corrected chi connectivity index (χ3v) is 4.42. The molecule has 0 amide bonds. The molecule has 0 unspecified atom stereocenters. The summed E-state index contributed by atoms with van der Waals surface area (Å²) in [5.41, 5.74) is 0.591. The van der Waals surface area contributed by atoms with Crippen molar-refractivity contribution >= 4 is 11.9 Å². The monoisotopic (exact) mass is 472 g/mol. The lowest BCUT2D eigenvalue weighted by Crippen LogP contribution is -2.22. The van der Waals surface area contributed by atoms with Crippen molar-refractivity contribution in [2.75, 3.05) is 0 Å². The molecule has 0 aromatic heterocycles. The fourth-order valence-electron chi connectivity index (χ4n) is 2.75. The number of carbonyl (C=O) groups excluding carboxylic acids is 2. The van der Waals surface area contributed by atoms with Crippen molar-refractivity contribution in [2.45, 2.75) is 6.11 Å². The van der Waals surface area contributed by atoms with Crippen LogP contribution in [0.3, 0.4) is 0 Å². The molecule has 174 valence electrons. The van der Waals surface area contributed by atoms with Gasteiger partial charge >= 0.3 is 18.0 Å². The topological polar surface area (TPSA) is 61.8 Å². The molecule has 0 atom stereocenters. The van der Waals surface area contributed by atoms with Gasteiger partial charge in [0.1, 0.15) is 5.75 Å². The summed E-state index contributed by atoms with van der Waals surface area (Å²) in [5, 5.41) is 0. The molecule has 0 radical (unpaired) electrons. The average Bonchev–Trinajstić information content (AvgIpc) is 2.84. The van der Waals surface area contributed by atoms with E-state index in [0.717, 1.165) is 30.4 Å². The van der Waals surface area contributed by atoms with Crippen molar-refractivity contribution in [2.24, 2.45) is 0 Å². The van der Waals surface area contributed by atoms with Crippen molar-refractivity contribution in [3.05, 3.63) is 103 Å².